The van der Waals surface area contributed by atoms with E-state index in [4.69, 9.17) is 123 Å². The summed E-state index contributed by atoms with van der Waals surface area (Å²) in [5.41, 5.74) is 0. The van der Waals surface area contributed by atoms with E-state index in [9.17, 15) is 0 Å². The van der Waals surface area contributed by atoms with Crippen LogP contribution in [-0.2, 0) is 158 Å². The fourth-order valence-corrected chi connectivity index (χ4v) is 0. The largest absolute Gasteiger partial charge is 3.00 e. The normalized spacial score (nSPS) is 9.67. The van der Waals surface area contributed by atoms with Crippen molar-refractivity contribution in [1.82, 2.24) is 0 Å². The first-order valence-electron chi connectivity index (χ1n) is 4.67. The van der Waals surface area contributed by atoms with Crippen molar-refractivity contribution in [2.45, 2.75) is 0 Å². The van der Waals surface area contributed by atoms with Crippen molar-refractivity contribution in [2.24, 2.45) is 0 Å². The minimum absolute atomic E-state index is 0. The summed E-state index contributed by atoms with van der Waals surface area (Å²) in [6, 6.07) is 0. The summed E-state index contributed by atoms with van der Waals surface area (Å²) in [7, 11) is -36.2. The molecule has 265 valence electrons. The van der Waals surface area contributed by atoms with Crippen LogP contribution in [0.2, 0.25) is 0 Å². The molecule has 0 fully saturated rings. The molecule has 0 bridgehead atoms. The standard InChI is InChI=1S/5Fe.7H2O4S.2H2O/c;;;;;7*1-5(2,3)4;;/h;;;;;7*(H2,1,2,3,4);2*1H2/q5*+3;;;;;;;;;/p-16. The predicted octanol–water partition coefficient (Wildman–Crippen LogP) is -9.73. The molecule has 30 nitrogen and oxygen atoms in total. The Hall–Kier alpha value is 1.61. The molecule has 42 heteroatoms. The van der Waals surface area contributed by atoms with Crippen LogP contribution in [0.25, 0.3) is 0 Å². The van der Waals surface area contributed by atoms with Crippen LogP contribution in [0.4, 0.5) is 0 Å². The second kappa shape index (κ2) is 38.8. The average molecular weight is 986 g/mol. The minimum Gasteiger partial charge on any atom is -0.870 e. The van der Waals surface area contributed by atoms with Gasteiger partial charge in [-0.1, -0.05) is 0 Å². The SMILES string of the molecule is O=S(=O)([O-])[O-].O=S(=O)([O-])[O-].O=S(=O)([O-])[O-].O=S(=O)([O-])[O-].O=S(=O)([O-])[O-].O=S(=O)([O-])[O-].O=S(=O)([O-])[O-].[Fe+3].[Fe+3].[Fe+3].[Fe+3].[Fe+3].[OH-].[OH-]. The van der Waals surface area contributed by atoms with Crippen LogP contribution in [-0.4, -0.2) is 134 Å². The van der Waals surface area contributed by atoms with E-state index in [2.05, 4.69) is 0 Å². The fourth-order valence-electron chi connectivity index (χ4n) is 0. The quantitative estimate of drug-likeness (QED) is 0.124. The minimum atomic E-state index is -5.17. The van der Waals surface area contributed by atoms with Gasteiger partial charge in [0.2, 0.25) is 0 Å². The molecule has 0 unspecified atom stereocenters. The second-order valence-electron chi connectivity index (χ2n) is 2.86. The topological polar surface area (TPSA) is 622 Å². The summed E-state index contributed by atoms with van der Waals surface area (Å²) in [5.74, 6) is 0. The van der Waals surface area contributed by atoms with Crippen LogP contribution >= 0.6 is 0 Å². The van der Waals surface area contributed by atoms with Gasteiger partial charge in [0.1, 0.15) is 0 Å². The molecule has 0 rings (SSSR count). The Morgan fingerprint density at radius 3 is 0.190 bits per heavy atom. The fraction of sp³-hybridized carbons (Fsp3) is 0. The van der Waals surface area contributed by atoms with Gasteiger partial charge >= 0.3 is 85.3 Å². The molecule has 0 spiro atoms. The van der Waals surface area contributed by atoms with E-state index < -0.39 is 72.8 Å². The number of hydrogen-bond donors (Lipinski definition) is 0. The Bertz CT molecular complexity index is 925. The molecule has 0 amide bonds. The summed E-state index contributed by atoms with van der Waals surface area (Å²) in [5, 5.41) is 0. The molecule has 2 N–H and O–H groups in total. The van der Waals surface area contributed by atoms with Gasteiger partial charge in [-0.25, -0.2) is 0 Å². The summed E-state index contributed by atoms with van der Waals surface area (Å²) in [6.45, 7) is 0. The van der Waals surface area contributed by atoms with Gasteiger partial charge in [0.25, 0.3) is 0 Å². The van der Waals surface area contributed by atoms with E-state index in [0.29, 0.717) is 0 Å². The van der Waals surface area contributed by atoms with Gasteiger partial charge in [-0.05, 0) is 0 Å². The van der Waals surface area contributed by atoms with Crippen LogP contribution in [0.5, 0.6) is 0 Å². The Morgan fingerprint density at radius 1 is 0.190 bits per heavy atom. The second-order valence-corrected chi connectivity index (χ2v) is 8.57. The summed E-state index contributed by atoms with van der Waals surface area (Å²) in [6.07, 6.45) is 0. The Labute approximate surface area is 289 Å². The Balaban J connectivity index is -0.0000000177. The van der Waals surface area contributed by atoms with Crippen molar-refractivity contribution in [1.29, 1.82) is 0 Å². The van der Waals surface area contributed by atoms with Crippen LogP contribution in [0.1, 0.15) is 0 Å². The van der Waals surface area contributed by atoms with Crippen molar-refractivity contribution in [3.05, 3.63) is 0 Å². The molecule has 0 aliphatic carbocycles. The number of hydrogen-bond acceptors (Lipinski definition) is 30. The van der Waals surface area contributed by atoms with Crippen LogP contribution < -0.4 is 0 Å². The molecule has 0 aromatic rings. The number of rotatable bonds is 0. The van der Waals surface area contributed by atoms with Crippen molar-refractivity contribution >= 4 is 72.8 Å². The first-order valence-corrected chi connectivity index (χ1v) is 14.0. The zero-order valence-electron chi connectivity index (χ0n) is 17.0. The third-order valence-corrected chi connectivity index (χ3v) is 0. The summed E-state index contributed by atoms with van der Waals surface area (Å²) < 4.78 is 239. The van der Waals surface area contributed by atoms with Crippen LogP contribution in [0, 0.1) is 0 Å². The molecule has 0 aromatic heterocycles. The van der Waals surface area contributed by atoms with Crippen molar-refractivity contribution in [2.75, 3.05) is 0 Å². The van der Waals surface area contributed by atoms with E-state index in [-0.39, 0.29) is 96.3 Å². The summed E-state index contributed by atoms with van der Waals surface area (Å²) >= 11 is 0. The monoisotopic (exact) mass is 985 g/mol. The summed E-state index contributed by atoms with van der Waals surface area (Å²) in [4.78, 5) is 0. The molecule has 0 aliphatic heterocycles. The van der Waals surface area contributed by atoms with E-state index in [0.717, 1.165) is 0 Å². The first kappa shape index (κ1) is 90.3. The smallest absolute Gasteiger partial charge is 0.870 e. The van der Waals surface area contributed by atoms with Gasteiger partial charge < -0.3 is 74.7 Å². The van der Waals surface area contributed by atoms with E-state index in [1.54, 1.807) is 0 Å². The molecule has 0 saturated carbocycles. The van der Waals surface area contributed by atoms with Gasteiger partial charge in [-0.15, -0.1) is 0 Å². The van der Waals surface area contributed by atoms with Crippen molar-refractivity contribution in [3.63, 3.8) is 0 Å². The first-order chi connectivity index (χ1) is 14.0. The molecular formula is H2Fe5O30S7-. The third kappa shape index (κ3) is 26600. The molecule has 0 heterocycles. The molecule has 0 aromatic carbocycles. The van der Waals surface area contributed by atoms with E-state index in [1.807, 2.05) is 0 Å². The Morgan fingerprint density at radius 2 is 0.190 bits per heavy atom. The van der Waals surface area contributed by atoms with Gasteiger partial charge in [-0.2, -0.15) is 0 Å². The predicted molar refractivity (Wildman–Crippen MR) is 77.2 cm³/mol. The third-order valence-electron chi connectivity index (χ3n) is 0. The van der Waals surface area contributed by atoms with Crippen LogP contribution in [0.15, 0.2) is 0 Å². The molecule has 0 aliphatic rings. The molecular weight excluding hydrogens is 984 g/mol. The van der Waals surface area contributed by atoms with Crippen molar-refractivity contribution in [3.8, 4) is 0 Å². The average Bonchev–Trinajstić information content (AvgIpc) is 2.06. The zero-order valence-corrected chi connectivity index (χ0v) is 28.2. The molecule has 0 atom stereocenters. The van der Waals surface area contributed by atoms with Crippen LogP contribution in [0.3, 0.4) is 0 Å². The maximum absolute atomic E-state index is 8.52. The maximum Gasteiger partial charge on any atom is 3.00 e. The van der Waals surface area contributed by atoms with Crippen molar-refractivity contribution < 1.29 is 219 Å². The molecule has 0 saturated heterocycles. The maximum atomic E-state index is 8.52. The van der Waals surface area contributed by atoms with Gasteiger partial charge in [0, 0.05) is 72.8 Å². The Kier molecular flexibility index (Phi) is 83.4. The van der Waals surface area contributed by atoms with Gasteiger partial charge in [-0.3, -0.25) is 58.9 Å². The van der Waals surface area contributed by atoms with Gasteiger partial charge in [0.15, 0.2) is 0 Å². The van der Waals surface area contributed by atoms with E-state index in [1.165, 1.54) is 0 Å². The molecule has 42 heavy (non-hydrogen) atoms. The zero-order chi connectivity index (χ0) is 31.5. The van der Waals surface area contributed by atoms with Gasteiger partial charge in [0.05, 0.1) is 0 Å². The van der Waals surface area contributed by atoms with E-state index >= 15 is 0 Å². The molecule has 5 radical (unpaired) electrons.